The van der Waals surface area contributed by atoms with E-state index in [1.54, 1.807) is 0 Å². The number of hydrogen-bond donors (Lipinski definition) is 1. The second-order valence-electron chi connectivity index (χ2n) is 4.12. The van der Waals surface area contributed by atoms with E-state index in [1.807, 2.05) is 12.1 Å². The number of nitrogen functional groups attached to an aromatic ring is 1. The van der Waals surface area contributed by atoms with Gasteiger partial charge in [-0.2, -0.15) is 0 Å². The first-order chi connectivity index (χ1) is 6.77. The second kappa shape index (κ2) is 4.22. The maximum Gasteiger partial charge on any atom is 0.0638 e. The van der Waals surface area contributed by atoms with Crippen LogP contribution in [0.15, 0.2) is 18.2 Å². The summed E-state index contributed by atoms with van der Waals surface area (Å²) in [4.78, 5) is 0. The average Bonchev–Trinajstić information content (AvgIpc) is 2.23. The molecule has 0 aliphatic heterocycles. The highest BCUT2D eigenvalue weighted by molar-refractivity contribution is 6.33. The number of anilines is 1. The van der Waals surface area contributed by atoms with Crippen molar-refractivity contribution in [1.82, 2.24) is 0 Å². The SMILES string of the molecule is Nc1ccc(C2CCCCC2)cc1Cl. The van der Waals surface area contributed by atoms with Crippen LogP contribution in [-0.2, 0) is 0 Å². The van der Waals surface area contributed by atoms with Gasteiger partial charge in [0.05, 0.1) is 10.7 Å². The first kappa shape index (κ1) is 9.85. The fraction of sp³-hybridized carbons (Fsp3) is 0.500. The third-order valence-corrected chi connectivity index (χ3v) is 3.43. The topological polar surface area (TPSA) is 26.0 Å². The van der Waals surface area contributed by atoms with Gasteiger partial charge >= 0.3 is 0 Å². The van der Waals surface area contributed by atoms with Gasteiger partial charge in [-0.25, -0.2) is 0 Å². The summed E-state index contributed by atoms with van der Waals surface area (Å²) < 4.78 is 0. The minimum absolute atomic E-state index is 0.686. The van der Waals surface area contributed by atoms with Gasteiger partial charge in [0.1, 0.15) is 0 Å². The van der Waals surface area contributed by atoms with Gasteiger partial charge in [-0.1, -0.05) is 36.9 Å². The van der Waals surface area contributed by atoms with Crippen LogP contribution < -0.4 is 5.73 Å². The maximum absolute atomic E-state index is 6.01. The largest absolute Gasteiger partial charge is 0.398 e. The van der Waals surface area contributed by atoms with Crippen molar-refractivity contribution in [2.75, 3.05) is 5.73 Å². The van der Waals surface area contributed by atoms with Gasteiger partial charge in [0, 0.05) is 0 Å². The Kier molecular flexibility index (Phi) is 2.97. The van der Waals surface area contributed by atoms with Gasteiger partial charge in [0.2, 0.25) is 0 Å². The summed E-state index contributed by atoms with van der Waals surface area (Å²) in [5.41, 5.74) is 7.74. The molecule has 1 nitrogen and oxygen atoms in total. The quantitative estimate of drug-likeness (QED) is 0.696. The van der Waals surface area contributed by atoms with Crippen LogP contribution in [0.25, 0.3) is 0 Å². The summed E-state index contributed by atoms with van der Waals surface area (Å²) in [7, 11) is 0. The van der Waals surface area contributed by atoms with Crippen LogP contribution >= 0.6 is 11.6 Å². The smallest absolute Gasteiger partial charge is 0.0638 e. The first-order valence-corrected chi connectivity index (χ1v) is 5.70. The molecule has 0 aromatic heterocycles. The van der Waals surface area contributed by atoms with Crippen LogP contribution in [0.3, 0.4) is 0 Å². The van der Waals surface area contributed by atoms with Gasteiger partial charge < -0.3 is 5.73 Å². The van der Waals surface area contributed by atoms with Crippen molar-refractivity contribution >= 4 is 17.3 Å². The van der Waals surface area contributed by atoms with E-state index in [4.69, 9.17) is 17.3 Å². The summed E-state index contributed by atoms with van der Waals surface area (Å²) in [5, 5.41) is 0.702. The van der Waals surface area contributed by atoms with Crippen LogP contribution in [0.4, 0.5) is 5.69 Å². The lowest BCUT2D eigenvalue weighted by Gasteiger charge is -2.22. The molecule has 0 amide bonds. The van der Waals surface area contributed by atoms with Crippen LogP contribution in [0.2, 0.25) is 5.02 Å². The van der Waals surface area contributed by atoms with Gasteiger partial charge in [-0.3, -0.25) is 0 Å². The second-order valence-corrected chi connectivity index (χ2v) is 4.52. The predicted octanol–water partition coefficient (Wildman–Crippen LogP) is 3.97. The molecule has 1 aromatic rings. The van der Waals surface area contributed by atoms with Gasteiger partial charge in [-0.15, -0.1) is 0 Å². The minimum Gasteiger partial charge on any atom is -0.398 e. The molecule has 0 saturated heterocycles. The van der Waals surface area contributed by atoms with Crippen molar-refractivity contribution < 1.29 is 0 Å². The molecule has 1 fully saturated rings. The number of halogens is 1. The normalized spacial score (nSPS) is 18.4. The molecule has 2 rings (SSSR count). The average molecular weight is 210 g/mol. The molecule has 76 valence electrons. The van der Waals surface area contributed by atoms with E-state index in [0.29, 0.717) is 16.6 Å². The zero-order valence-corrected chi connectivity index (χ0v) is 9.06. The number of rotatable bonds is 1. The van der Waals surface area contributed by atoms with E-state index in [2.05, 4.69) is 6.07 Å². The van der Waals surface area contributed by atoms with Crippen LogP contribution in [0, 0.1) is 0 Å². The van der Waals surface area contributed by atoms with E-state index < -0.39 is 0 Å². The van der Waals surface area contributed by atoms with Crippen molar-refractivity contribution in [2.24, 2.45) is 0 Å². The zero-order valence-electron chi connectivity index (χ0n) is 8.30. The Hall–Kier alpha value is -0.690. The Balaban J connectivity index is 2.18. The number of benzene rings is 1. The van der Waals surface area contributed by atoms with Crippen molar-refractivity contribution in [3.8, 4) is 0 Å². The van der Waals surface area contributed by atoms with Crippen molar-refractivity contribution in [2.45, 2.75) is 38.0 Å². The Labute approximate surface area is 90.3 Å². The fourth-order valence-corrected chi connectivity index (χ4v) is 2.42. The molecule has 0 unspecified atom stereocenters. The van der Waals surface area contributed by atoms with Gasteiger partial charge in [0.15, 0.2) is 0 Å². The molecule has 0 bridgehead atoms. The van der Waals surface area contributed by atoms with E-state index in [1.165, 1.54) is 37.7 Å². The number of hydrogen-bond acceptors (Lipinski definition) is 1. The third kappa shape index (κ3) is 2.03. The summed E-state index contributed by atoms with van der Waals surface area (Å²) in [6.45, 7) is 0. The van der Waals surface area contributed by atoms with Crippen molar-refractivity contribution in [3.63, 3.8) is 0 Å². The molecule has 1 aromatic carbocycles. The molecule has 14 heavy (non-hydrogen) atoms. The maximum atomic E-state index is 6.01. The van der Waals surface area contributed by atoms with Crippen molar-refractivity contribution in [1.29, 1.82) is 0 Å². The molecule has 0 heterocycles. The van der Waals surface area contributed by atoms with Crippen LogP contribution in [0.5, 0.6) is 0 Å². The van der Waals surface area contributed by atoms with Gasteiger partial charge in [-0.05, 0) is 36.5 Å². The Morgan fingerprint density at radius 3 is 2.50 bits per heavy atom. The standard InChI is InChI=1S/C12H16ClN/c13-11-8-10(6-7-12(11)14)9-4-2-1-3-5-9/h6-9H,1-5,14H2. The molecule has 1 aliphatic rings. The lowest BCUT2D eigenvalue weighted by Crippen LogP contribution is -2.04. The summed E-state index contributed by atoms with van der Waals surface area (Å²) >= 11 is 6.01. The first-order valence-electron chi connectivity index (χ1n) is 5.32. The lowest BCUT2D eigenvalue weighted by atomic mass is 9.84. The highest BCUT2D eigenvalue weighted by Crippen LogP contribution is 2.34. The van der Waals surface area contributed by atoms with E-state index in [-0.39, 0.29) is 0 Å². The molecule has 1 saturated carbocycles. The molecular weight excluding hydrogens is 194 g/mol. The van der Waals surface area contributed by atoms with E-state index >= 15 is 0 Å². The Morgan fingerprint density at radius 1 is 1.14 bits per heavy atom. The van der Waals surface area contributed by atoms with Crippen LogP contribution in [-0.4, -0.2) is 0 Å². The molecule has 2 heteroatoms. The Morgan fingerprint density at radius 2 is 1.86 bits per heavy atom. The zero-order chi connectivity index (χ0) is 9.97. The molecule has 1 aliphatic carbocycles. The summed E-state index contributed by atoms with van der Waals surface area (Å²) in [6.07, 6.45) is 6.71. The monoisotopic (exact) mass is 209 g/mol. The van der Waals surface area contributed by atoms with Crippen LogP contribution in [0.1, 0.15) is 43.6 Å². The van der Waals surface area contributed by atoms with E-state index in [9.17, 15) is 0 Å². The predicted molar refractivity (Wildman–Crippen MR) is 61.7 cm³/mol. The molecular formula is C12H16ClN. The fourth-order valence-electron chi connectivity index (χ4n) is 2.23. The van der Waals surface area contributed by atoms with E-state index in [0.717, 1.165) is 0 Å². The van der Waals surface area contributed by atoms with Gasteiger partial charge in [0.25, 0.3) is 0 Å². The molecule has 0 spiro atoms. The lowest BCUT2D eigenvalue weighted by molar-refractivity contribution is 0.443. The molecule has 0 atom stereocenters. The highest BCUT2D eigenvalue weighted by atomic mass is 35.5. The minimum atomic E-state index is 0.686. The third-order valence-electron chi connectivity index (χ3n) is 3.10. The molecule has 0 radical (unpaired) electrons. The summed E-state index contributed by atoms with van der Waals surface area (Å²) in [6, 6.07) is 6.08. The Bertz CT molecular complexity index is 316. The summed E-state index contributed by atoms with van der Waals surface area (Å²) in [5.74, 6) is 0.710. The molecule has 2 N–H and O–H groups in total. The number of nitrogens with two attached hydrogens (primary N) is 1. The van der Waals surface area contributed by atoms with Crippen molar-refractivity contribution in [3.05, 3.63) is 28.8 Å². The highest BCUT2D eigenvalue weighted by Gasteiger charge is 2.15.